The normalized spacial score (nSPS) is 19.1. The van der Waals surface area contributed by atoms with Gasteiger partial charge < -0.3 is 30.2 Å². The SMILES string of the molecule is Fc1cccc(C2OC=C(Nc3ccnc(Nc4cccc(OCCC5CCCN5)c4)n3)O2)c1. The third kappa shape index (κ3) is 5.74. The van der Waals surface area contributed by atoms with Crippen molar-refractivity contribution >= 4 is 17.5 Å². The van der Waals surface area contributed by atoms with E-state index >= 15 is 0 Å². The first-order chi connectivity index (χ1) is 16.7. The maximum Gasteiger partial charge on any atom is 0.268 e. The van der Waals surface area contributed by atoms with E-state index in [2.05, 4.69) is 25.9 Å². The Kier molecular flexibility index (Phi) is 6.71. The van der Waals surface area contributed by atoms with E-state index in [0.29, 0.717) is 35.9 Å². The molecule has 0 radical (unpaired) electrons. The Bertz CT molecular complexity index is 1150. The van der Waals surface area contributed by atoms with Gasteiger partial charge >= 0.3 is 0 Å². The van der Waals surface area contributed by atoms with Crippen molar-refractivity contribution in [3.05, 3.63) is 84.3 Å². The molecule has 8 nitrogen and oxygen atoms in total. The quantitative estimate of drug-likeness (QED) is 0.416. The zero-order valence-corrected chi connectivity index (χ0v) is 18.5. The van der Waals surface area contributed by atoms with Crippen LogP contribution in [0.2, 0.25) is 0 Å². The number of ether oxygens (including phenoxy) is 3. The summed E-state index contributed by atoms with van der Waals surface area (Å²) in [6.07, 6.45) is 5.80. The van der Waals surface area contributed by atoms with Gasteiger partial charge in [0.05, 0.1) is 6.61 Å². The number of hydrogen-bond acceptors (Lipinski definition) is 8. The van der Waals surface area contributed by atoms with Crippen LogP contribution in [0.15, 0.2) is 72.9 Å². The molecule has 176 valence electrons. The average molecular weight is 464 g/mol. The molecule has 1 fully saturated rings. The summed E-state index contributed by atoms with van der Waals surface area (Å²) in [5.41, 5.74) is 1.40. The van der Waals surface area contributed by atoms with Gasteiger partial charge in [0.25, 0.3) is 6.29 Å². The summed E-state index contributed by atoms with van der Waals surface area (Å²) in [5.74, 6) is 1.74. The molecule has 3 N–H and O–H groups in total. The molecule has 5 rings (SSSR count). The van der Waals surface area contributed by atoms with Gasteiger partial charge in [-0.25, -0.2) is 9.37 Å². The highest BCUT2D eigenvalue weighted by Crippen LogP contribution is 2.29. The van der Waals surface area contributed by atoms with Crippen molar-refractivity contribution in [3.63, 3.8) is 0 Å². The smallest absolute Gasteiger partial charge is 0.268 e. The molecule has 1 aromatic heterocycles. The van der Waals surface area contributed by atoms with Gasteiger partial charge in [0.1, 0.15) is 23.6 Å². The molecule has 1 saturated heterocycles. The van der Waals surface area contributed by atoms with Crippen LogP contribution in [0.4, 0.5) is 21.8 Å². The van der Waals surface area contributed by atoms with Crippen molar-refractivity contribution in [2.24, 2.45) is 0 Å². The van der Waals surface area contributed by atoms with E-state index in [9.17, 15) is 4.39 Å². The van der Waals surface area contributed by atoms with Crippen molar-refractivity contribution in [2.45, 2.75) is 31.6 Å². The van der Waals surface area contributed by atoms with Crippen LogP contribution in [0.1, 0.15) is 31.1 Å². The minimum absolute atomic E-state index is 0.349. The zero-order valence-electron chi connectivity index (χ0n) is 18.5. The number of nitrogens with one attached hydrogen (secondary N) is 3. The van der Waals surface area contributed by atoms with Crippen LogP contribution in [0, 0.1) is 5.82 Å². The van der Waals surface area contributed by atoms with Crippen molar-refractivity contribution in [1.29, 1.82) is 0 Å². The summed E-state index contributed by atoms with van der Waals surface area (Å²) >= 11 is 0. The minimum Gasteiger partial charge on any atom is -0.493 e. The van der Waals surface area contributed by atoms with Gasteiger partial charge in [-0.05, 0) is 56.1 Å². The average Bonchev–Trinajstić information content (AvgIpc) is 3.52. The van der Waals surface area contributed by atoms with Crippen LogP contribution >= 0.6 is 0 Å². The molecule has 2 aliphatic heterocycles. The number of benzene rings is 2. The topological polar surface area (TPSA) is 89.6 Å². The van der Waals surface area contributed by atoms with Gasteiger partial charge in [-0.3, -0.25) is 0 Å². The predicted octanol–water partition coefficient (Wildman–Crippen LogP) is 4.84. The van der Waals surface area contributed by atoms with Crippen LogP contribution < -0.4 is 20.7 Å². The highest BCUT2D eigenvalue weighted by atomic mass is 19.1. The van der Waals surface area contributed by atoms with Crippen molar-refractivity contribution in [3.8, 4) is 5.75 Å². The Morgan fingerprint density at radius 1 is 1.12 bits per heavy atom. The van der Waals surface area contributed by atoms with E-state index in [1.165, 1.54) is 31.2 Å². The van der Waals surface area contributed by atoms with Crippen LogP contribution in [-0.4, -0.2) is 29.2 Å². The Morgan fingerprint density at radius 2 is 2.06 bits per heavy atom. The third-order valence-electron chi connectivity index (χ3n) is 5.55. The fraction of sp³-hybridized carbons (Fsp3) is 0.280. The molecule has 0 spiro atoms. The molecule has 0 saturated carbocycles. The molecule has 0 aliphatic carbocycles. The molecular formula is C25H26FN5O3. The largest absolute Gasteiger partial charge is 0.493 e. The van der Waals surface area contributed by atoms with Crippen LogP contribution in [0.5, 0.6) is 5.75 Å². The number of rotatable bonds is 9. The zero-order chi connectivity index (χ0) is 23.2. The molecule has 9 heteroatoms. The molecule has 2 aliphatic rings. The second-order valence-corrected chi connectivity index (χ2v) is 8.10. The molecular weight excluding hydrogens is 437 g/mol. The summed E-state index contributed by atoms with van der Waals surface area (Å²) in [4.78, 5) is 8.75. The van der Waals surface area contributed by atoms with Crippen LogP contribution in [-0.2, 0) is 9.47 Å². The number of hydrogen-bond donors (Lipinski definition) is 3. The third-order valence-corrected chi connectivity index (χ3v) is 5.55. The lowest BCUT2D eigenvalue weighted by Gasteiger charge is -2.13. The molecule has 3 heterocycles. The summed E-state index contributed by atoms with van der Waals surface area (Å²) in [7, 11) is 0. The lowest BCUT2D eigenvalue weighted by atomic mass is 10.2. The minimum atomic E-state index is -0.718. The highest BCUT2D eigenvalue weighted by Gasteiger charge is 2.22. The molecule has 0 bridgehead atoms. The maximum atomic E-state index is 13.5. The summed E-state index contributed by atoms with van der Waals surface area (Å²) in [6.45, 7) is 1.77. The molecule has 2 aromatic carbocycles. The van der Waals surface area contributed by atoms with Crippen LogP contribution in [0.3, 0.4) is 0 Å². The molecule has 0 amide bonds. The molecule has 34 heavy (non-hydrogen) atoms. The number of nitrogens with zero attached hydrogens (tertiary/aromatic N) is 2. The van der Waals surface area contributed by atoms with Gasteiger partial charge in [0, 0.05) is 29.6 Å². The Hall–Kier alpha value is -3.85. The first kappa shape index (κ1) is 22.0. The van der Waals surface area contributed by atoms with Gasteiger partial charge in [0.15, 0.2) is 0 Å². The monoisotopic (exact) mass is 463 g/mol. The van der Waals surface area contributed by atoms with E-state index in [1.807, 2.05) is 24.3 Å². The Labute approximate surface area is 197 Å². The van der Waals surface area contributed by atoms with E-state index < -0.39 is 6.29 Å². The summed E-state index contributed by atoms with van der Waals surface area (Å²) < 4.78 is 30.6. The first-order valence-electron chi connectivity index (χ1n) is 11.3. The van der Waals surface area contributed by atoms with E-state index in [4.69, 9.17) is 14.2 Å². The van der Waals surface area contributed by atoms with Crippen molar-refractivity contribution in [2.75, 3.05) is 23.8 Å². The van der Waals surface area contributed by atoms with Gasteiger partial charge in [-0.1, -0.05) is 18.2 Å². The number of halogens is 1. The summed E-state index contributed by atoms with van der Waals surface area (Å²) in [5, 5.41) is 9.72. The van der Waals surface area contributed by atoms with Crippen molar-refractivity contribution < 1.29 is 18.6 Å². The van der Waals surface area contributed by atoms with E-state index in [1.54, 1.807) is 24.4 Å². The fourth-order valence-electron chi connectivity index (χ4n) is 3.88. The first-order valence-corrected chi connectivity index (χ1v) is 11.3. The fourth-order valence-corrected chi connectivity index (χ4v) is 3.88. The summed E-state index contributed by atoms with van der Waals surface area (Å²) in [6, 6.07) is 16.1. The Morgan fingerprint density at radius 3 is 2.94 bits per heavy atom. The molecule has 3 aromatic rings. The maximum absolute atomic E-state index is 13.5. The highest BCUT2D eigenvalue weighted by molar-refractivity contribution is 5.57. The number of aromatic nitrogens is 2. The lowest BCUT2D eigenvalue weighted by molar-refractivity contribution is -0.0325. The van der Waals surface area contributed by atoms with E-state index in [-0.39, 0.29) is 5.82 Å². The number of anilines is 3. The van der Waals surface area contributed by atoms with Gasteiger partial charge in [-0.15, -0.1) is 0 Å². The molecule has 2 atom stereocenters. The standard InChI is InChI=1S/C25H26FN5O3/c26-18-5-1-4-17(14-18)24-33-16-23(34-24)30-22-9-12-28-25(31-22)29-20-6-2-8-21(15-20)32-13-10-19-7-3-11-27-19/h1-2,4-6,8-9,12,14-16,19,24,27H,3,7,10-11,13H2,(H2,28,29,30,31). The van der Waals surface area contributed by atoms with Gasteiger partial charge in [0.2, 0.25) is 11.8 Å². The Balaban J connectivity index is 1.15. The lowest BCUT2D eigenvalue weighted by Crippen LogP contribution is -2.23. The second kappa shape index (κ2) is 10.4. The van der Waals surface area contributed by atoms with E-state index in [0.717, 1.165) is 24.4 Å². The van der Waals surface area contributed by atoms with Gasteiger partial charge in [-0.2, -0.15) is 4.98 Å². The van der Waals surface area contributed by atoms with Crippen LogP contribution in [0.25, 0.3) is 0 Å². The molecule has 2 unspecified atom stereocenters. The van der Waals surface area contributed by atoms with Crippen molar-refractivity contribution in [1.82, 2.24) is 15.3 Å². The predicted molar refractivity (Wildman–Crippen MR) is 126 cm³/mol. The second-order valence-electron chi connectivity index (χ2n) is 8.10.